The second kappa shape index (κ2) is 5.37. The molecule has 1 fully saturated rings. The van der Waals surface area contributed by atoms with E-state index >= 15 is 0 Å². The van der Waals surface area contributed by atoms with Crippen LogP contribution in [0.3, 0.4) is 0 Å². The number of allylic oxidation sites excluding steroid dienone is 1. The maximum absolute atomic E-state index is 12.1. The largest absolute Gasteiger partial charge is 0.391 e. The number of aliphatic hydroxyl groups is 1. The molecule has 0 bridgehead atoms. The fraction of sp³-hybridized carbons (Fsp3) is 0.812. The van der Waals surface area contributed by atoms with E-state index in [1.54, 1.807) is 0 Å². The van der Waals surface area contributed by atoms with Crippen molar-refractivity contribution in [2.75, 3.05) is 13.1 Å². The highest BCUT2D eigenvalue weighted by Gasteiger charge is 2.40. The first kappa shape index (κ1) is 14.7. The van der Waals surface area contributed by atoms with Gasteiger partial charge in [0.15, 0.2) is 5.78 Å². The Balaban J connectivity index is 2.23. The Bertz CT molecular complexity index is 378. The van der Waals surface area contributed by atoms with Crippen LogP contribution in [0.5, 0.6) is 0 Å². The molecule has 1 aliphatic carbocycles. The van der Waals surface area contributed by atoms with Crippen LogP contribution in [0.1, 0.15) is 47.0 Å². The first-order valence-corrected chi connectivity index (χ1v) is 7.45. The molecule has 19 heavy (non-hydrogen) atoms. The number of ketones is 1. The third-order valence-electron chi connectivity index (χ3n) is 4.84. The SMILES string of the molecule is CC1=CC(N2CCC(C)CC2)C(O)C(C)(C)CC1=O. The molecule has 2 rings (SSSR count). The van der Waals surface area contributed by atoms with E-state index in [0.717, 1.165) is 24.6 Å². The molecule has 0 saturated carbocycles. The van der Waals surface area contributed by atoms with Gasteiger partial charge < -0.3 is 5.11 Å². The predicted octanol–water partition coefficient (Wildman–Crippen LogP) is 2.39. The number of hydrogen-bond acceptors (Lipinski definition) is 3. The van der Waals surface area contributed by atoms with Gasteiger partial charge in [0.1, 0.15) is 0 Å². The summed E-state index contributed by atoms with van der Waals surface area (Å²) >= 11 is 0. The van der Waals surface area contributed by atoms with Crippen LogP contribution in [0.4, 0.5) is 0 Å². The molecule has 0 aromatic heterocycles. The van der Waals surface area contributed by atoms with Crippen molar-refractivity contribution >= 4 is 5.78 Å². The zero-order chi connectivity index (χ0) is 14.2. The minimum absolute atomic E-state index is 0.00560. The number of Topliss-reactive ketones (excluding diaryl/α,β-unsaturated/α-hetero) is 1. The Labute approximate surface area is 116 Å². The van der Waals surface area contributed by atoms with Gasteiger partial charge >= 0.3 is 0 Å². The van der Waals surface area contributed by atoms with Crippen molar-refractivity contribution in [3.8, 4) is 0 Å². The average Bonchev–Trinajstić information content (AvgIpc) is 2.41. The van der Waals surface area contributed by atoms with Gasteiger partial charge in [0.25, 0.3) is 0 Å². The van der Waals surface area contributed by atoms with Crippen molar-refractivity contribution < 1.29 is 9.90 Å². The molecule has 3 nitrogen and oxygen atoms in total. The van der Waals surface area contributed by atoms with Crippen LogP contribution in [0.2, 0.25) is 0 Å². The fourth-order valence-electron chi connectivity index (χ4n) is 3.19. The number of hydrogen-bond donors (Lipinski definition) is 1. The molecule has 3 heteroatoms. The zero-order valence-electron chi connectivity index (χ0n) is 12.6. The first-order valence-electron chi connectivity index (χ1n) is 7.45. The van der Waals surface area contributed by atoms with Gasteiger partial charge in [-0.05, 0) is 49.8 Å². The van der Waals surface area contributed by atoms with Gasteiger partial charge in [0.05, 0.1) is 12.1 Å². The molecule has 0 spiro atoms. The predicted molar refractivity (Wildman–Crippen MR) is 76.9 cm³/mol. The van der Waals surface area contributed by atoms with E-state index < -0.39 is 6.10 Å². The summed E-state index contributed by atoms with van der Waals surface area (Å²) < 4.78 is 0. The quantitative estimate of drug-likeness (QED) is 0.791. The first-order chi connectivity index (χ1) is 8.81. The highest BCUT2D eigenvalue weighted by atomic mass is 16.3. The van der Waals surface area contributed by atoms with E-state index in [9.17, 15) is 9.90 Å². The monoisotopic (exact) mass is 265 g/mol. The van der Waals surface area contributed by atoms with Crippen molar-refractivity contribution in [3.05, 3.63) is 11.6 Å². The smallest absolute Gasteiger partial charge is 0.158 e. The summed E-state index contributed by atoms with van der Waals surface area (Å²) in [4.78, 5) is 14.4. The highest BCUT2D eigenvalue weighted by Crippen LogP contribution is 2.35. The molecule has 2 atom stereocenters. The van der Waals surface area contributed by atoms with Gasteiger partial charge in [-0.2, -0.15) is 0 Å². The van der Waals surface area contributed by atoms with Crippen LogP contribution in [-0.4, -0.2) is 41.0 Å². The molecule has 0 radical (unpaired) electrons. The van der Waals surface area contributed by atoms with E-state index in [2.05, 4.69) is 11.8 Å². The maximum atomic E-state index is 12.1. The summed E-state index contributed by atoms with van der Waals surface area (Å²) in [5.74, 6) is 0.954. The summed E-state index contributed by atoms with van der Waals surface area (Å²) in [6.45, 7) is 10.2. The van der Waals surface area contributed by atoms with E-state index in [1.165, 1.54) is 12.8 Å². The van der Waals surface area contributed by atoms with Gasteiger partial charge in [0.2, 0.25) is 0 Å². The normalized spacial score (nSPS) is 33.9. The summed E-state index contributed by atoms with van der Waals surface area (Å²) in [6.07, 6.45) is 4.34. The standard InChI is InChI=1S/C16H27NO2/c1-11-5-7-17(8-6-11)13-9-12(2)14(18)10-16(3,4)15(13)19/h9,11,13,15,19H,5-8,10H2,1-4H3. The average molecular weight is 265 g/mol. The zero-order valence-corrected chi connectivity index (χ0v) is 12.6. The van der Waals surface area contributed by atoms with Crippen molar-refractivity contribution in [3.63, 3.8) is 0 Å². The number of nitrogens with zero attached hydrogens (tertiary/aromatic N) is 1. The topological polar surface area (TPSA) is 40.5 Å². The van der Waals surface area contributed by atoms with Crippen LogP contribution >= 0.6 is 0 Å². The van der Waals surface area contributed by atoms with Gasteiger partial charge in [-0.15, -0.1) is 0 Å². The van der Waals surface area contributed by atoms with Crippen LogP contribution in [0.25, 0.3) is 0 Å². The van der Waals surface area contributed by atoms with Crippen LogP contribution < -0.4 is 0 Å². The Morgan fingerprint density at radius 3 is 2.47 bits per heavy atom. The fourth-order valence-corrected chi connectivity index (χ4v) is 3.19. The lowest BCUT2D eigenvalue weighted by atomic mass is 9.79. The molecule has 2 aliphatic rings. The van der Waals surface area contributed by atoms with Gasteiger partial charge in [-0.25, -0.2) is 0 Å². The second-order valence-electron chi connectivity index (χ2n) is 7.09. The van der Waals surface area contributed by atoms with E-state index in [0.29, 0.717) is 6.42 Å². The third kappa shape index (κ3) is 3.09. The van der Waals surface area contributed by atoms with Gasteiger partial charge in [-0.3, -0.25) is 9.69 Å². The number of rotatable bonds is 1. The van der Waals surface area contributed by atoms with Gasteiger partial charge in [0, 0.05) is 6.42 Å². The minimum atomic E-state index is -0.470. The number of aliphatic hydroxyl groups excluding tert-OH is 1. The number of piperidine rings is 1. The van der Waals surface area contributed by atoms with Gasteiger partial charge in [-0.1, -0.05) is 26.8 Å². The molecule has 0 aromatic rings. The van der Waals surface area contributed by atoms with Crippen molar-refractivity contribution in [1.29, 1.82) is 0 Å². The molecular formula is C16H27NO2. The number of carbonyl (C=O) groups is 1. The Morgan fingerprint density at radius 2 is 1.89 bits per heavy atom. The Morgan fingerprint density at radius 1 is 1.32 bits per heavy atom. The molecule has 1 N–H and O–H groups in total. The molecule has 2 unspecified atom stereocenters. The van der Waals surface area contributed by atoms with Crippen LogP contribution in [-0.2, 0) is 4.79 Å². The number of likely N-dealkylation sites (tertiary alicyclic amines) is 1. The van der Waals surface area contributed by atoms with Crippen molar-refractivity contribution in [2.45, 2.75) is 59.1 Å². The molecule has 0 aromatic carbocycles. The Kier molecular flexibility index (Phi) is 4.17. The summed E-state index contributed by atoms with van der Waals surface area (Å²) in [7, 11) is 0. The van der Waals surface area contributed by atoms with Crippen LogP contribution in [0, 0.1) is 11.3 Å². The van der Waals surface area contributed by atoms with Crippen molar-refractivity contribution in [2.24, 2.45) is 11.3 Å². The second-order valence-corrected chi connectivity index (χ2v) is 7.09. The highest BCUT2D eigenvalue weighted by molar-refractivity contribution is 5.95. The maximum Gasteiger partial charge on any atom is 0.158 e. The molecular weight excluding hydrogens is 238 g/mol. The van der Waals surface area contributed by atoms with Crippen molar-refractivity contribution in [1.82, 2.24) is 4.90 Å². The van der Waals surface area contributed by atoms with E-state index in [4.69, 9.17) is 0 Å². The number of carbonyl (C=O) groups excluding carboxylic acids is 1. The van der Waals surface area contributed by atoms with Crippen LogP contribution in [0.15, 0.2) is 11.6 Å². The molecule has 1 heterocycles. The lowest BCUT2D eigenvalue weighted by Gasteiger charge is -2.41. The summed E-state index contributed by atoms with van der Waals surface area (Å²) in [5, 5.41) is 10.7. The lowest BCUT2D eigenvalue weighted by Crippen LogP contribution is -2.50. The van der Waals surface area contributed by atoms with E-state index in [1.807, 2.05) is 26.8 Å². The Hall–Kier alpha value is -0.670. The lowest BCUT2D eigenvalue weighted by molar-refractivity contribution is -0.119. The molecule has 0 amide bonds. The molecule has 1 aliphatic heterocycles. The third-order valence-corrected chi connectivity index (χ3v) is 4.84. The molecule has 1 saturated heterocycles. The summed E-state index contributed by atoms with van der Waals surface area (Å²) in [6, 6.07) is -0.00560. The van der Waals surface area contributed by atoms with E-state index in [-0.39, 0.29) is 17.2 Å². The molecule has 108 valence electrons. The minimum Gasteiger partial charge on any atom is -0.391 e. The summed E-state index contributed by atoms with van der Waals surface area (Å²) in [5.41, 5.74) is 0.465.